The third-order valence-corrected chi connectivity index (χ3v) is 4.12. The molecule has 0 fully saturated rings. The summed E-state index contributed by atoms with van der Waals surface area (Å²) in [6, 6.07) is 9.30. The van der Waals surface area contributed by atoms with E-state index in [1.807, 2.05) is 6.07 Å². The molecule has 4 nitrogen and oxygen atoms in total. The Kier molecular flexibility index (Phi) is 5.26. The number of carbonyl (C=O) groups is 1. The van der Waals surface area contributed by atoms with E-state index >= 15 is 0 Å². The first-order valence-corrected chi connectivity index (χ1v) is 7.69. The molecule has 0 saturated heterocycles. The predicted molar refractivity (Wildman–Crippen MR) is 85.1 cm³/mol. The minimum Gasteiger partial charge on any atom is -0.315 e. The monoisotopic (exact) mass is 317 g/mol. The highest BCUT2D eigenvalue weighted by atomic mass is 32.1. The number of carbonyl (C=O) groups excluding carboxylic acids is 1. The van der Waals surface area contributed by atoms with Crippen molar-refractivity contribution in [2.45, 2.75) is 25.9 Å². The highest BCUT2D eigenvalue weighted by Gasteiger charge is 2.19. The maximum Gasteiger partial charge on any atom is 0.241 e. The van der Waals surface area contributed by atoms with Gasteiger partial charge in [-0.3, -0.25) is 10.1 Å². The highest BCUT2D eigenvalue weighted by molar-refractivity contribution is 7.14. The lowest BCUT2D eigenvalue weighted by atomic mass is 10.1. The number of hydrogen-bond donors (Lipinski definition) is 2. The first-order valence-electron chi connectivity index (χ1n) is 6.82. The average molecular weight is 317 g/mol. The van der Waals surface area contributed by atoms with Crippen LogP contribution in [0.4, 0.5) is 9.39 Å². The fourth-order valence-electron chi connectivity index (χ4n) is 2.08. The number of anilines is 1. The molecule has 1 amide bonds. The van der Waals surface area contributed by atoms with Crippen LogP contribution in [0.2, 0.25) is 0 Å². The van der Waals surface area contributed by atoms with Gasteiger partial charge in [0.15, 0.2) is 0 Å². The van der Waals surface area contributed by atoms with E-state index in [-0.39, 0.29) is 17.8 Å². The van der Waals surface area contributed by atoms with Crippen molar-refractivity contribution >= 4 is 22.2 Å². The Balaban J connectivity index is 2.00. The van der Waals surface area contributed by atoms with Gasteiger partial charge in [0, 0.05) is 11.6 Å². The zero-order valence-corrected chi connectivity index (χ0v) is 13.1. The summed E-state index contributed by atoms with van der Waals surface area (Å²) in [6.07, 6.45) is 0. The smallest absolute Gasteiger partial charge is 0.241 e. The predicted octanol–water partition coefficient (Wildman–Crippen LogP) is 3.44. The van der Waals surface area contributed by atoms with Crippen molar-refractivity contribution in [2.75, 3.05) is 5.32 Å². The number of rotatable bonds is 5. The average Bonchev–Trinajstić information content (AvgIpc) is 2.94. The molecule has 114 valence electrons. The molecule has 0 aliphatic rings. The second-order valence-electron chi connectivity index (χ2n) is 4.90. The van der Waals surface area contributed by atoms with Crippen LogP contribution in [0.1, 0.15) is 31.0 Å². The molecule has 0 saturated carbocycles. The van der Waals surface area contributed by atoms with Gasteiger partial charge in [-0.15, -0.1) is 11.3 Å². The standard InChI is InChI=1S/C16H16FN3OS/c1-10(13-5-3-4-6-14(13)17)19-11(2)15(21)20-16-12(9-18)7-8-22-16/h3-8,10-11,19H,1-2H3,(H,20,21)/t10-,11+/m0/s1. The molecule has 2 rings (SSSR count). The second kappa shape index (κ2) is 7.16. The lowest BCUT2D eigenvalue weighted by Gasteiger charge is -2.20. The number of amides is 1. The van der Waals surface area contributed by atoms with Crippen LogP contribution in [0.15, 0.2) is 35.7 Å². The molecule has 1 heterocycles. The van der Waals surface area contributed by atoms with Gasteiger partial charge in [0.05, 0.1) is 11.6 Å². The number of halogens is 1. The molecule has 0 aliphatic carbocycles. The van der Waals surface area contributed by atoms with Crippen LogP contribution in [-0.4, -0.2) is 11.9 Å². The van der Waals surface area contributed by atoms with E-state index in [0.717, 1.165) is 0 Å². The summed E-state index contributed by atoms with van der Waals surface area (Å²) in [5.74, 6) is -0.567. The van der Waals surface area contributed by atoms with Gasteiger partial charge in [0.1, 0.15) is 16.9 Å². The Bertz CT molecular complexity index is 707. The third kappa shape index (κ3) is 3.70. The van der Waals surface area contributed by atoms with E-state index in [4.69, 9.17) is 5.26 Å². The molecule has 2 atom stereocenters. The number of nitriles is 1. The summed E-state index contributed by atoms with van der Waals surface area (Å²) in [5.41, 5.74) is 0.948. The van der Waals surface area contributed by atoms with Gasteiger partial charge < -0.3 is 5.32 Å². The molecule has 0 bridgehead atoms. The van der Waals surface area contributed by atoms with Crippen molar-refractivity contribution in [3.63, 3.8) is 0 Å². The number of hydrogen-bond acceptors (Lipinski definition) is 4. The summed E-state index contributed by atoms with van der Waals surface area (Å²) in [6.45, 7) is 3.50. The van der Waals surface area contributed by atoms with Crippen LogP contribution < -0.4 is 10.6 Å². The minimum atomic E-state index is -0.525. The minimum absolute atomic E-state index is 0.262. The lowest BCUT2D eigenvalue weighted by molar-refractivity contribution is -0.117. The molecule has 0 spiro atoms. The molecule has 1 aromatic heterocycles. The first-order chi connectivity index (χ1) is 10.5. The van der Waals surface area contributed by atoms with Crippen LogP contribution in [0.3, 0.4) is 0 Å². The maximum absolute atomic E-state index is 13.7. The normalized spacial score (nSPS) is 13.2. The van der Waals surface area contributed by atoms with Gasteiger partial charge in [-0.2, -0.15) is 5.26 Å². The van der Waals surface area contributed by atoms with Crippen LogP contribution >= 0.6 is 11.3 Å². The van der Waals surface area contributed by atoms with Gasteiger partial charge in [-0.25, -0.2) is 4.39 Å². The van der Waals surface area contributed by atoms with Crippen LogP contribution in [-0.2, 0) is 4.79 Å². The Hall–Kier alpha value is -2.23. The molecular weight excluding hydrogens is 301 g/mol. The highest BCUT2D eigenvalue weighted by Crippen LogP contribution is 2.22. The molecule has 22 heavy (non-hydrogen) atoms. The van der Waals surface area contributed by atoms with Crippen LogP contribution in [0.25, 0.3) is 0 Å². The van der Waals surface area contributed by atoms with Crippen LogP contribution in [0.5, 0.6) is 0 Å². The fraction of sp³-hybridized carbons (Fsp3) is 0.250. The molecule has 0 radical (unpaired) electrons. The number of nitrogens with zero attached hydrogens (tertiary/aromatic N) is 1. The van der Waals surface area contributed by atoms with E-state index < -0.39 is 6.04 Å². The van der Waals surface area contributed by atoms with Gasteiger partial charge in [0.25, 0.3) is 0 Å². The van der Waals surface area contributed by atoms with Crippen molar-refractivity contribution in [1.29, 1.82) is 5.26 Å². The van der Waals surface area contributed by atoms with E-state index in [9.17, 15) is 9.18 Å². The lowest BCUT2D eigenvalue weighted by Crippen LogP contribution is -2.39. The number of nitrogens with one attached hydrogen (secondary N) is 2. The van der Waals surface area contributed by atoms with Crippen LogP contribution in [0, 0.1) is 17.1 Å². The first kappa shape index (κ1) is 16.1. The fourth-order valence-corrected chi connectivity index (χ4v) is 2.82. The van der Waals surface area contributed by atoms with Gasteiger partial charge in [-0.05, 0) is 31.4 Å². The van der Waals surface area contributed by atoms with E-state index in [0.29, 0.717) is 16.1 Å². The van der Waals surface area contributed by atoms with E-state index in [2.05, 4.69) is 10.6 Å². The molecule has 2 aromatic rings. The third-order valence-electron chi connectivity index (χ3n) is 3.29. The van der Waals surface area contributed by atoms with E-state index in [1.54, 1.807) is 43.5 Å². The van der Waals surface area contributed by atoms with Gasteiger partial charge in [0.2, 0.25) is 5.91 Å². The van der Waals surface area contributed by atoms with Crippen molar-refractivity contribution < 1.29 is 9.18 Å². The number of thiophene rings is 1. The molecule has 2 N–H and O–H groups in total. The second-order valence-corrected chi connectivity index (χ2v) is 5.81. The Labute approximate surface area is 132 Å². The Morgan fingerprint density at radius 2 is 2.05 bits per heavy atom. The van der Waals surface area contributed by atoms with Crippen molar-refractivity contribution in [1.82, 2.24) is 5.32 Å². The van der Waals surface area contributed by atoms with Gasteiger partial charge >= 0.3 is 0 Å². The van der Waals surface area contributed by atoms with E-state index in [1.165, 1.54) is 17.4 Å². The molecule has 1 aromatic carbocycles. The maximum atomic E-state index is 13.7. The summed E-state index contributed by atoms with van der Waals surface area (Å²) >= 11 is 1.30. The quantitative estimate of drug-likeness (QED) is 0.888. The SMILES string of the molecule is C[C@H](N[C@H](C)C(=O)Nc1sccc1C#N)c1ccccc1F. The molecule has 6 heteroatoms. The largest absolute Gasteiger partial charge is 0.315 e. The zero-order chi connectivity index (χ0) is 16.1. The van der Waals surface area contributed by atoms with Gasteiger partial charge in [-0.1, -0.05) is 18.2 Å². The Morgan fingerprint density at radius 1 is 1.32 bits per heavy atom. The number of benzene rings is 1. The van der Waals surface area contributed by atoms with Crippen molar-refractivity contribution in [3.05, 3.63) is 52.7 Å². The topological polar surface area (TPSA) is 64.9 Å². The molecule has 0 aliphatic heterocycles. The summed E-state index contributed by atoms with van der Waals surface area (Å²) in [7, 11) is 0. The summed E-state index contributed by atoms with van der Waals surface area (Å²) < 4.78 is 13.7. The molecule has 0 unspecified atom stereocenters. The van der Waals surface area contributed by atoms with Crippen molar-refractivity contribution in [2.24, 2.45) is 0 Å². The molecular formula is C16H16FN3OS. The Morgan fingerprint density at radius 3 is 2.73 bits per heavy atom. The van der Waals surface area contributed by atoms with Crippen molar-refractivity contribution in [3.8, 4) is 6.07 Å². The summed E-state index contributed by atoms with van der Waals surface area (Å²) in [5, 5.41) is 17.0. The summed E-state index contributed by atoms with van der Waals surface area (Å²) in [4.78, 5) is 12.2. The zero-order valence-electron chi connectivity index (χ0n) is 12.3.